The SMILES string of the molecule is N#CC1=CCC1C#N. The summed E-state index contributed by atoms with van der Waals surface area (Å²) in [7, 11) is 0. The molecule has 8 heavy (non-hydrogen) atoms. The van der Waals surface area contributed by atoms with Crippen LogP contribution in [-0.2, 0) is 0 Å². The second-order valence-electron chi connectivity index (χ2n) is 1.69. The van der Waals surface area contributed by atoms with Gasteiger partial charge in [-0.1, -0.05) is 6.08 Å². The van der Waals surface area contributed by atoms with E-state index in [2.05, 4.69) is 0 Å². The molecule has 0 N–H and O–H groups in total. The minimum Gasteiger partial charge on any atom is -0.198 e. The van der Waals surface area contributed by atoms with Gasteiger partial charge in [0.15, 0.2) is 0 Å². The second kappa shape index (κ2) is 1.68. The summed E-state index contributed by atoms with van der Waals surface area (Å²) in [4.78, 5) is 0. The van der Waals surface area contributed by atoms with Gasteiger partial charge in [-0.3, -0.25) is 0 Å². The molecule has 0 heterocycles. The van der Waals surface area contributed by atoms with Crippen molar-refractivity contribution in [3.63, 3.8) is 0 Å². The van der Waals surface area contributed by atoms with Crippen molar-refractivity contribution in [2.24, 2.45) is 5.92 Å². The smallest absolute Gasteiger partial charge is 0.0957 e. The molecule has 1 rings (SSSR count). The third kappa shape index (κ3) is 0.476. The lowest BCUT2D eigenvalue weighted by atomic mass is 9.87. The van der Waals surface area contributed by atoms with Crippen molar-refractivity contribution in [3.8, 4) is 12.1 Å². The number of rotatable bonds is 0. The lowest BCUT2D eigenvalue weighted by Crippen LogP contribution is -2.07. The van der Waals surface area contributed by atoms with Crippen LogP contribution < -0.4 is 0 Å². The van der Waals surface area contributed by atoms with Crippen molar-refractivity contribution in [1.29, 1.82) is 10.5 Å². The molecule has 0 aromatic rings. The molecule has 2 heteroatoms. The molecule has 1 aliphatic rings. The minimum absolute atomic E-state index is 0.0972. The number of hydrogen-bond donors (Lipinski definition) is 0. The van der Waals surface area contributed by atoms with Crippen LogP contribution in [0.4, 0.5) is 0 Å². The van der Waals surface area contributed by atoms with Gasteiger partial charge >= 0.3 is 0 Å². The quantitative estimate of drug-likeness (QED) is 0.460. The van der Waals surface area contributed by atoms with Crippen LogP contribution in [0.15, 0.2) is 11.6 Å². The van der Waals surface area contributed by atoms with E-state index in [0.717, 1.165) is 6.42 Å². The standard InChI is InChI=1S/C6H4N2/c7-3-5-1-2-6(5)4-8/h1,6H,2H2. The molecule has 0 fully saturated rings. The molecule has 1 aliphatic carbocycles. The van der Waals surface area contributed by atoms with E-state index in [-0.39, 0.29) is 5.92 Å². The van der Waals surface area contributed by atoms with Gasteiger partial charge in [-0.25, -0.2) is 0 Å². The fourth-order valence-electron chi connectivity index (χ4n) is 0.599. The summed E-state index contributed by atoms with van der Waals surface area (Å²) in [5.41, 5.74) is 0.632. The van der Waals surface area contributed by atoms with E-state index < -0.39 is 0 Å². The highest BCUT2D eigenvalue weighted by Crippen LogP contribution is 2.24. The van der Waals surface area contributed by atoms with Crippen LogP contribution in [0.5, 0.6) is 0 Å². The summed E-state index contributed by atoms with van der Waals surface area (Å²) in [5, 5.41) is 16.5. The van der Waals surface area contributed by atoms with Crippen molar-refractivity contribution in [1.82, 2.24) is 0 Å². The predicted molar refractivity (Wildman–Crippen MR) is 27.4 cm³/mol. The van der Waals surface area contributed by atoms with E-state index in [1.54, 1.807) is 6.08 Å². The molecule has 2 nitrogen and oxygen atoms in total. The topological polar surface area (TPSA) is 47.6 Å². The van der Waals surface area contributed by atoms with Gasteiger partial charge in [0.05, 0.1) is 18.1 Å². The molecule has 0 aliphatic heterocycles. The van der Waals surface area contributed by atoms with E-state index in [0.29, 0.717) is 5.57 Å². The molecule has 0 aromatic carbocycles. The zero-order valence-electron chi connectivity index (χ0n) is 4.26. The van der Waals surface area contributed by atoms with E-state index in [1.807, 2.05) is 12.1 Å². The fraction of sp³-hybridized carbons (Fsp3) is 0.333. The molecule has 0 saturated heterocycles. The van der Waals surface area contributed by atoms with Gasteiger partial charge in [0, 0.05) is 5.57 Å². The number of hydrogen-bond acceptors (Lipinski definition) is 2. The Bertz CT molecular complexity index is 202. The summed E-state index contributed by atoms with van der Waals surface area (Å²) in [5.74, 6) is -0.0972. The Morgan fingerprint density at radius 2 is 2.38 bits per heavy atom. The molecule has 1 atom stereocenters. The first kappa shape index (κ1) is 4.87. The highest BCUT2D eigenvalue weighted by Gasteiger charge is 2.19. The minimum atomic E-state index is -0.0972. The highest BCUT2D eigenvalue weighted by molar-refractivity contribution is 5.36. The Kier molecular flexibility index (Phi) is 1.02. The Labute approximate surface area is 47.7 Å². The van der Waals surface area contributed by atoms with Crippen LogP contribution in [0.3, 0.4) is 0 Å². The summed E-state index contributed by atoms with van der Waals surface area (Å²) >= 11 is 0. The normalized spacial score (nSPS) is 24.2. The molecule has 38 valence electrons. The van der Waals surface area contributed by atoms with Crippen molar-refractivity contribution < 1.29 is 0 Å². The predicted octanol–water partition coefficient (Wildman–Crippen LogP) is 0.980. The average molecular weight is 104 g/mol. The fourth-order valence-corrected chi connectivity index (χ4v) is 0.599. The number of nitrogens with zero attached hydrogens (tertiary/aromatic N) is 2. The van der Waals surface area contributed by atoms with Gasteiger partial charge in [-0.2, -0.15) is 10.5 Å². The monoisotopic (exact) mass is 104 g/mol. The summed E-state index contributed by atoms with van der Waals surface area (Å²) in [6, 6.07) is 3.95. The Morgan fingerprint density at radius 3 is 2.50 bits per heavy atom. The molecule has 0 spiro atoms. The lowest BCUT2D eigenvalue weighted by molar-refractivity contribution is 0.735. The van der Waals surface area contributed by atoms with Gasteiger partial charge in [0.2, 0.25) is 0 Å². The summed E-state index contributed by atoms with van der Waals surface area (Å²) in [6.45, 7) is 0. The van der Waals surface area contributed by atoms with Gasteiger partial charge < -0.3 is 0 Å². The molecule has 0 saturated carbocycles. The van der Waals surface area contributed by atoms with Gasteiger partial charge in [-0.05, 0) is 6.42 Å². The van der Waals surface area contributed by atoms with Gasteiger partial charge in [0.1, 0.15) is 0 Å². The average Bonchev–Trinajstić information content (AvgIpc) is 1.66. The molecule has 0 bridgehead atoms. The van der Waals surface area contributed by atoms with Crippen LogP contribution in [0.1, 0.15) is 6.42 Å². The van der Waals surface area contributed by atoms with Gasteiger partial charge in [-0.15, -0.1) is 0 Å². The first-order chi connectivity index (χ1) is 3.88. The Balaban J connectivity index is 2.67. The van der Waals surface area contributed by atoms with Crippen LogP contribution >= 0.6 is 0 Å². The molecule has 0 aromatic heterocycles. The van der Waals surface area contributed by atoms with Crippen molar-refractivity contribution in [2.75, 3.05) is 0 Å². The summed E-state index contributed by atoms with van der Waals surface area (Å²) < 4.78 is 0. The Hall–Kier alpha value is -1.28. The number of nitriles is 2. The lowest BCUT2D eigenvalue weighted by Gasteiger charge is -2.12. The first-order valence-corrected chi connectivity index (χ1v) is 2.38. The van der Waals surface area contributed by atoms with Crippen molar-refractivity contribution >= 4 is 0 Å². The molecule has 0 radical (unpaired) electrons. The zero-order chi connectivity index (χ0) is 5.98. The van der Waals surface area contributed by atoms with E-state index in [1.165, 1.54) is 0 Å². The molecule has 0 amide bonds. The largest absolute Gasteiger partial charge is 0.198 e. The Morgan fingerprint density at radius 1 is 1.62 bits per heavy atom. The van der Waals surface area contributed by atoms with Crippen LogP contribution in [-0.4, -0.2) is 0 Å². The third-order valence-electron chi connectivity index (χ3n) is 1.23. The third-order valence-corrected chi connectivity index (χ3v) is 1.23. The maximum atomic E-state index is 8.25. The molecule has 1 unspecified atom stereocenters. The maximum Gasteiger partial charge on any atom is 0.0957 e. The van der Waals surface area contributed by atoms with Crippen LogP contribution in [0.25, 0.3) is 0 Å². The van der Waals surface area contributed by atoms with Crippen LogP contribution in [0.2, 0.25) is 0 Å². The van der Waals surface area contributed by atoms with Crippen molar-refractivity contribution in [3.05, 3.63) is 11.6 Å². The zero-order valence-corrected chi connectivity index (χ0v) is 4.26. The summed E-state index contributed by atoms with van der Waals surface area (Å²) in [6.07, 6.45) is 2.55. The van der Waals surface area contributed by atoms with Gasteiger partial charge in [0.25, 0.3) is 0 Å². The second-order valence-corrected chi connectivity index (χ2v) is 1.69. The van der Waals surface area contributed by atoms with E-state index in [9.17, 15) is 0 Å². The van der Waals surface area contributed by atoms with E-state index >= 15 is 0 Å². The first-order valence-electron chi connectivity index (χ1n) is 2.38. The van der Waals surface area contributed by atoms with Crippen molar-refractivity contribution in [2.45, 2.75) is 6.42 Å². The number of allylic oxidation sites excluding steroid dienone is 2. The maximum absolute atomic E-state index is 8.25. The van der Waals surface area contributed by atoms with E-state index in [4.69, 9.17) is 10.5 Å². The molecular weight excluding hydrogens is 100 g/mol. The van der Waals surface area contributed by atoms with Crippen LogP contribution in [0, 0.1) is 28.6 Å². The highest BCUT2D eigenvalue weighted by atomic mass is 14.3. The molecular formula is C6H4N2.